The summed E-state index contributed by atoms with van der Waals surface area (Å²) in [5.74, 6) is 0.660. The van der Waals surface area contributed by atoms with Crippen molar-refractivity contribution in [3.05, 3.63) is 54.1 Å². The molecule has 0 saturated carbocycles. The largest absolute Gasteiger partial charge is 0.465 e. The molecule has 2 aromatic carbocycles. The molecule has 1 heterocycles. The molecule has 1 atom stereocenters. The van der Waals surface area contributed by atoms with Crippen LogP contribution in [0.15, 0.2) is 48.5 Å². The molecule has 0 N–H and O–H groups in total. The Morgan fingerprint density at radius 1 is 0.957 bits per heavy atom. The van der Waals surface area contributed by atoms with Crippen LogP contribution in [-0.2, 0) is 10.9 Å². The van der Waals surface area contributed by atoms with Gasteiger partial charge in [0.1, 0.15) is 5.75 Å². The van der Waals surface area contributed by atoms with Crippen molar-refractivity contribution < 1.29 is 22.6 Å². The van der Waals surface area contributed by atoms with Crippen LogP contribution in [0.4, 0.5) is 13.2 Å². The van der Waals surface area contributed by atoms with Gasteiger partial charge in [-0.3, -0.25) is 0 Å². The third kappa shape index (κ3) is 4.05. The first kappa shape index (κ1) is 15.9. The fourth-order valence-electron chi connectivity index (χ4n) is 2.56. The van der Waals surface area contributed by atoms with E-state index in [0.29, 0.717) is 23.5 Å². The van der Waals surface area contributed by atoms with Gasteiger partial charge in [-0.1, -0.05) is 24.3 Å². The molecule has 2 nitrogen and oxygen atoms in total. The number of halogens is 3. The number of hydrogen-bond acceptors (Lipinski definition) is 2. The van der Waals surface area contributed by atoms with Gasteiger partial charge in [-0.15, -0.1) is 0 Å². The van der Waals surface area contributed by atoms with Gasteiger partial charge in [-0.2, -0.15) is 13.2 Å². The van der Waals surface area contributed by atoms with Crippen molar-refractivity contribution >= 4 is 0 Å². The van der Waals surface area contributed by atoms with Crippen LogP contribution in [0.5, 0.6) is 5.75 Å². The standard InChI is InChI=1S/C18H17F3O2/c19-18(20,21)15-5-3-4-14(12-15)13-7-9-16(10-8-13)23-17-6-1-2-11-22-17/h3-5,7-10,12,17H,1-2,6,11H2. The van der Waals surface area contributed by atoms with Gasteiger partial charge in [-0.05, 0) is 48.2 Å². The summed E-state index contributed by atoms with van der Waals surface area (Å²) in [6.45, 7) is 0.701. The monoisotopic (exact) mass is 322 g/mol. The molecule has 1 aliphatic rings. The first-order valence-electron chi connectivity index (χ1n) is 7.58. The highest BCUT2D eigenvalue weighted by atomic mass is 19.4. The van der Waals surface area contributed by atoms with Gasteiger partial charge in [-0.25, -0.2) is 0 Å². The fourth-order valence-corrected chi connectivity index (χ4v) is 2.56. The zero-order valence-electron chi connectivity index (χ0n) is 12.5. The average molecular weight is 322 g/mol. The lowest BCUT2D eigenvalue weighted by atomic mass is 10.0. The highest BCUT2D eigenvalue weighted by Gasteiger charge is 2.30. The molecule has 23 heavy (non-hydrogen) atoms. The second kappa shape index (κ2) is 6.62. The Balaban J connectivity index is 1.74. The topological polar surface area (TPSA) is 18.5 Å². The van der Waals surface area contributed by atoms with Crippen LogP contribution in [-0.4, -0.2) is 12.9 Å². The van der Waals surface area contributed by atoms with Crippen molar-refractivity contribution in [1.82, 2.24) is 0 Å². The van der Waals surface area contributed by atoms with E-state index in [9.17, 15) is 13.2 Å². The molecular weight excluding hydrogens is 305 g/mol. The minimum Gasteiger partial charge on any atom is -0.465 e. The zero-order valence-corrected chi connectivity index (χ0v) is 12.5. The Bertz CT molecular complexity index is 644. The van der Waals surface area contributed by atoms with Crippen LogP contribution in [0.3, 0.4) is 0 Å². The van der Waals surface area contributed by atoms with Gasteiger partial charge in [0.15, 0.2) is 6.29 Å². The molecule has 0 radical (unpaired) electrons. The normalized spacial score (nSPS) is 18.7. The molecular formula is C18H17F3O2. The highest BCUT2D eigenvalue weighted by Crippen LogP contribution is 2.32. The summed E-state index contributed by atoms with van der Waals surface area (Å²) >= 11 is 0. The van der Waals surface area contributed by atoms with Crippen molar-refractivity contribution in [2.45, 2.75) is 31.7 Å². The third-order valence-corrected chi connectivity index (χ3v) is 3.78. The quantitative estimate of drug-likeness (QED) is 0.765. The predicted molar refractivity (Wildman–Crippen MR) is 81.1 cm³/mol. The Morgan fingerprint density at radius 2 is 1.74 bits per heavy atom. The van der Waals surface area contributed by atoms with Crippen molar-refractivity contribution in [1.29, 1.82) is 0 Å². The van der Waals surface area contributed by atoms with Crippen molar-refractivity contribution in [2.75, 3.05) is 6.61 Å². The lowest BCUT2D eigenvalue weighted by Crippen LogP contribution is -2.24. The second-order valence-corrected chi connectivity index (χ2v) is 5.52. The van der Waals surface area contributed by atoms with E-state index in [2.05, 4.69) is 0 Å². The molecule has 1 fully saturated rings. The number of benzene rings is 2. The van der Waals surface area contributed by atoms with Crippen LogP contribution in [0.25, 0.3) is 11.1 Å². The lowest BCUT2D eigenvalue weighted by Gasteiger charge is -2.23. The Kier molecular flexibility index (Phi) is 4.57. The Labute approximate surface area is 132 Å². The molecule has 5 heteroatoms. The predicted octanol–water partition coefficient (Wildman–Crippen LogP) is 5.28. The van der Waals surface area contributed by atoms with Crippen LogP contribution in [0, 0.1) is 0 Å². The summed E-state index contributed by atoms with van der Waals surface area (Å²) in [6.07, 6.45) is -1.59. The van der Waals surface area contributed by atoms with E-state index in [4.69, 9.17) is 9.47 Å². The van der Waals surface area contributed by atoms with Crippen molar-refractivity contribution in [3.63, 3.8) is 0 Å². The first-order chi connectivity index (χ1) is 11.0. The summed E-state index contributed by atoms with van der Waals surface area (Å²) < 4.78 is 49.5. The summed E-state index contributed by atoms with van der Waals surface area (Å²) in [5, 5.41) is 0. The molecule has 1 unspecified atom stereocenters. The summed E-state index contributed by atoms with van der Waals surface area (Å²) in [7, 11) is 0. The van der Waals surface area contributed by atoms with E-state index < -0.39 is 11.7 Å². The second-order valence-electron chi connectivity index (χ2n) is 5.52. The third-order valence-electron chi connectivity index (χ3n) is 3.78. The number of hydrogen-bond donors (Lipinski definition) is 0. The van der Waals surface area contributed by atoms with Crippen LogP contribution in [0.2, 0.25) is 0 Å². The minimum absolute atomic E-state index is 0.233. The van der Waals surface area contributed by atoms with Crippen molar-refractivity contribution in [2.24, 2.45) is 0 Å². The summed E-state index contributed by atoms with van der Waals surface area (Å²) in [4.78, 5) is 0. The summed E-state index contributed by atoms with van der Waals surface area (Å²) in [5.41, 5.74) is 0.597. The van der Waals surface area contributed by atoms with Gasteiger partial charge in [0.2, 0.25) is 0 Å². The molecule has 2 aromatic rings. The lowest BCUT2D eigenvalue weighted by molar-refractivity contribution is -0.137. The molecule has 0 aromatic heterocycles. The minimum atomic E-state index is -4.34. The SMILES string of the molecule is FC(F)(F)c1cccc(-c2ccc(OC3CCCCO3)cc2)c1. The first-order valence-corrected chi connectivity index (χ1v) is 7.58. The van der Waals surface area contributed by atoms with E-state index in [1.165, 1.54) is 6.07 Å². The van der Waals surface area contributed by atoms with E-state index in [1.54, 1.807) is 30.3 Å². The Hall–Kier alpha value is -2.01. The molecule has 0 aliphatic carbocycles. The van der Waals surface area contributed by atoms with Gasteiger partial charge in [0.25, 0.3) is 0 Å². The molecule has 3 rings (SSSR count). The maximum atomic E-state index is 12.8. The van der Waals surface area contributed by atoms with Gasteiger partial charge in [0, 0.05) is 6.42 Å². The number of rotatable bonds is 3. The van der Waals surface area contributed by atoms with Crippen LogP contribution < -0.4 is 4.74 Å². The maximum absolute atomic E-state index is 12.8. The fraction of sp³-hybridized carbons (Fsp3) is 0.333. The molecule has 0 amide bonds. The maximum Gasteiger partial charge on any atom is 0.416 e. The molecule has 1 aliphatic heterocycles. The highest BCUT2D eigenvalue weighted by molar-refractivity contribution is 5.65. The summed E-state index contributed by atoms with van der Waals surface area (Å²) in [6, 6.07) is 12.3. The Morgan fingerprint density at radius 3 is 2.39 bits per heavy atom. The molecule has 122 valence electrons. The smallest absolute Gasteiger partial charge is 0.416 e. The van der Waals surface area contributed by atoms with E-state index in [0.717, 1.165) is 31.4 Å². The average Bonchev–Trinajstić information content (AvgIpc) is 2.56. The molecule has 0 bridgehead atoms. The van der Waals surface area contributed by atoms with Crippen LogP contribution >= 0.6 is 0 Å². The van der Waals surface area contributed by atoms with Gasteiger partial charge >= 0.3 is 6.18 Å². The molecule has 0 spiro atoms. The molecule has 1 saturated heterocycles. The van der Waals surface area contributed by atoms with Crippen molar-refractivity contribution in [3.8, 4) is 16.9 Å². The number of ether oxygens (including phenoxy) is 2. The van der Waals surface area contributed by atoms with E-state index in [1.807, 2.05) is 0 Å². The van der Waals surface area contributed by atoms with Gasteiger partial charge in [0.05, 0.1) is 12.2 Å². The zero-order chi connectivity index (χ0) is 16.3. The van der Waals surface area contributed by atoms with Gasteiger partial charge < -0.3 is 9.47 Å². The van der Waals surface area contributed by atoms with Crippen LogP contribution in [0.1, 0.15) is 24.8 Å². The number of alkyl halides is 3. The van der Waals surface area contributed by atoms with E-state index in [-0.39, 0.29) is 6.29 Å². The van der Waals surface area contributed by atoms with E-state index >= 15 is 0 Å².